The van der Waals surface area contributed by atoms with Crippen molar-refractivity contribution in [2.45, 2.75) is 25.4 Å². The molecule has 1 aromatic carbocycles. The van der Waals surface area contributed by atoms with Crippen molar-refractivity contribution >= 4 is 11.9 Å². The van der Waals surface area contributed by atoms with E-state index in [1.807, 2.05) is 0 Å². The quantitative estimate of drug-likeness (QED) is 0.198. The Labute approximate surface area is 261 Å². The van der Waals surface area contributed by atoms with Crippen LogP contribution in [0.4, 0.5) is 26.3 Å². The van der Waals surface area contributed by atoms with Crippen LogP contribution in [0.25, 0.3) is 22.5 Å². The highest BCUT2D eigenvalue weighted by molar-refractivity contribution is 6.04. The number of hydrogen-bond donors (Lipinski definition) is 3. The zero-order valence-electron chi connectivity index (χ0n) is 23.8. The molecule has 5 rings (SSSR count). The van der Waals surface area contributed by atoms with E-state index in [-0.39, 0.29) is 23.2 Å². The molecule has 0 unspecified atom stereocenters. The fraction of sp³-hybridized carbons (Fsp3) is 0.133. The van der Waals surface area contributed by atoms with Crippen molar-refractivity contribution in [3.63, 3.8) is 0 Å². The van der Waals surface area contributed by atoms with E-state index in [2.05, 4.69) is 35.2 Å². The van der Waals surface area contributed by atoms with Gasteiger partial charge in [-0.25, -0.2) is 24.7 Å². The van der Waals surface area contributed by atoms with Gasteiger partial charge < -0.3 is 16.2 Å². The van der Waals surface area contributed by atoms with Gasteiger partial charge in [0.25, 0.3) is 5.91 Å². The average Bonchev–Trinajstić information content (AvgIpc) is 3.07. The molecule has 0 aliphatic heterocycles. The summed E-state index contributed by atoms with van der Waals surface area (Å²) in [5, 5.41) is 11.8. The Bertz CT molecular complexity index is 1850. The van der Waals surface area contributed by atoms with Gasteiger partial charge in [0, 0.05) is 61.4 Å². The topological polar surface area (TPSA) is 170 Å². The monoisotopic (exact) mass is 656 g/mol. The van der Waals surface area contributed by atoms with E-state index in [9.17, 15) is 35.9 Å². The van der Waals surface area contributed by atoms with Gasteiger partial charge in [-0.15, -0.1) is 0 Å². The number of nitrogens with two attached hydrogens (primary N) is 1. The summed E-state index contributed by atoms with van der Waals surface area (Å²) < 4.78 is 74.5. The van der Waals surface area contributed by atoms with E-state index in [4.69, 9.17) is 10.8 Å². The van der Waals surface area contributed by atoms with E-state index in [0.717, 1.165) is 30.4 Å². The Hall–Kier alpha value is -5.84. The molecule has 0 spiro atoms. The molecule has 1 amide bonds. The lowest BCUT2D eigenvalue weighted by Gasteiger charge is -2.09. The SMILES string of the molecule is NCc1ccnc(-c2cnc(C(F)(F)F)nc2)c1.O=C(O)c1ccccc1C(=O)NCc1ccnc(-c2cnc(C(F)(F)F)nc2)c1. The minimum absolute atomic E-state index is 0.0189. The summed E-state index contributed by atoms with van der Waals surface area (Å²) >= 11 is 0. The molecule has 0 saturated heterocycles. The minimum Gasteiger partial charge on any atom is -0.478 e. The second-order valence-electron chi connectivity index (χ2n) is 9.42. The van der Waals surface area contributed by atoms with Crippen LogP contribution in [0.1, 0.15) is 43.5 Å². The molecule has 242 valence electrons. The van der Waals surface area contributed by atoms with E-state index in [1.54, 1.807) is 30.3 Å². The Balaban J connectivity index is 0.000000238. The van der Waals surface area contributed by atoms with Crippen LogP contribution in [0.15, 0.2) is 85.7 Å². The number of alkyl halides is 6. The number of hydrogen-bond acceptors (Lipinski definition) is 9. The molecule has 17 heteroatoms. The van der Waals surface area contributed by atoms with Crippen molar-refractivity contribution in [3.05, 3.63) is 120 Å². The third kappa shape index (κ3) is 9.10. The third-order valence-corrected chi connectivity index (χ3v) is 6.14. The predicted octanol–water partition coefficient (Wildman–Crippen LogP) is 5.20. The van der Waals surface area contributed by atoms with Gasteiger partial charge in [0.2, 0.25) is 11.6 Å². The van der Waals surface area contributed by atoms with Crippen molar-refractivity contribution in [1.29, 1.82) is 0 Å². The number of carbonyl (C=O) groups excluding carboxylic acids is 1. The highest BCUT2D eigenvalue weighted by atomic mass is 19.4. The summed E-state index contributed by atoms with van der Waals surface area (Å²) in [5.74, 6) is -4.20. The lowest BCUT2D eigenvalue weighted by Crippen LogP contribution is -2.25. The Morgan fingerprint density at radius 2 is 1.13 bits per heavy atom. The first-order valence-corrected chi connectivity index (χ1v) is 13.3. The first-order chi connectivity index (χ1) is 22.3. The highest BCUT2D eigenvalue weighted by Crippen LogP contribution is 2.28. The average molecular weight is 657 g/mol. The summed E-state index contributed by atoms with van der Waals surface area (Å²) in [6, 6.07) is 12.4. The zero-order valence-corrected chi connectivity index (χ0v) is 23.8. The molecular weight excluding hydrogens is 634 g/mol. The molecule has 0 aliphatic rings. The van der Waals surface area contributed by atoms with E-state index < -0.39 is 35.9 Å². The normalized spacial score (nSPS) is 11.3. The second kappa shape index (κ2) is 14.5. The maximum atomic E-state index is 12.6. The Morgan fingerprint density at radius 1 is 0.681 bits per heavy atom. The van der Waals surface area contributed by atoms with Crippen LogP contribution in [-0.2, 0) is 25.4 Å². The summed E-state index contributed by atoms with van der Waals surface area (Å²) in [5.41, 5.74) is 8.32. The van der Waals surface area contributed by atoms with Gasteiger partial charge in [-0.2, -0.15) is 26.3 Å². The molecule has 0 bridgehead atoms. The van der Waals surface area contributed by atoms with Crippen LogP contribution in [0, 0.1) is 0 Å². The number of pyridine rings is 2. The number of benzene rings is 1. The number of halogens is 6. The van der Waals surface area contributed by atoms with E-state index in [0.29, 0.717) is 29.1 Å². The summed E-state index contributed by atoms with van der Waals surface area (Å²) in [7, 11) is 0. The predicted molar refractivity (Wildman–Crippen MR) is 153 cm³/mol. The van der Waals surface area contributed by atoms with Gasteiger partial charge in [-0.05, 0) is 47.5 Å². The molecule has 0 atom stereocenters. The number of aromatic carboxylic acids is 1. The lowest BCUT2D eigenvalue weighted by atomic mass is 10.1. The second-order valence-corrected chi connectivity index (χ2v) is 9.42. The Morgan fingerprint density at radius 3 is 1.57 bits per heavy atom. The van der Waals surface area contributed by atoms with Crippen molar-refractivity contribution in [2.75, 3.05) is 0 Å². The molecule has 4 N–H and O–H groups in total. The van der Waals surface area contributed by atoms with Crippen molar-refractivity contribution in [2.24, 2.45) is 5.73 Å². The Kier molecular flexibility index (Phi) is 10.5. The van der Waals surface area contributed by atoms with Crippen molar-refractivity contribution in [3.8, 4) is 22.5 Å². The fourth-order valence-corrected chi connectivity index (χ4v) is 3.86. The van der Waals surface area contributed by atoms with Gasteiger partial charge in [-0.3, -0.25) is 14.8 Å². The molecule has 47 heavy (non-hydrogen) atoms. The fourth-order valence-electron chi connectivity index (χ4n) is 3.86. The van der Waals surface area contributed by atoms with Gasteiger partial charge >= 0.3 is 18.3 Å². The van der Waals surface area contributed by atoms with Crippen LogP contribution < -0.4 is 11.1 Å². The van der Waals surface area contributed by atoms with E-state index >= 15 is 0 Å². The van der Waals surface area contributed by atoms with Gasteiger partial charge in [0.05, 0.1) is 22.5 Å². The maximum Gasteiger partial charge on any atom is 0.451 e. The smallest absolute Gasteiger partial charge is 0.451 e. The number of rotatable bonds is 7. The number of aromatic nitrogens is 6. The van der Waals surface area contributed by atoms with Crippen LogP contribution >= 0.6 is 0 Å². The molecule has 4 heterocycles. The van der Waals surface area contributed by atoms with Gasteiger partial charge in [0.15, 0.2) is 0 Å². The largest absolute Gasteiger partial charge is 0.478 e. The number of carboxylic acids is 1. The molecule has 0 aliphatic carbocycles. The number of amides is 1. The summed E-state index contributed by atoms with van der Waals surface area (Å²) in [6.07, 6.45) is -1.98. The lowest BCUT2D eigenvalue weighted by molar-refractivity contribution is -0.145. The molecular formula is C30H22F6N8O3. The van der Waals surface area contributed by atoms with Crippen molar-refractivity contribution in [1.82, 2.24) is 35.2 Å². The number of carboxylic acid groups (broad SMARTS) is 1. The summed E-state index contributed by atoms with van der Waals surface area (Å²) in [6.45, 7) is 0.390. The molecule has 5 aromatic rings. The maximum absolute atomic E-state index is 12.6. The van der Waals surface area contributed by atoms with Gasteiger partial charge in [0.1, 0.15) is 0 Å². The van der Waals surface area contributed by atoms with Crippen molar-refractivity contribution < 1.29 is 41.0 Å². The molecule has 0 saturated carbocycles. The van der Waals surface area contributed by atoms with Crippen LogP contribution in [0.5, 0.6) is 0 Å². The number of carbonyl (C=O) groups is 2. The molecule has 11 nitrogen and oxygen atoms in total. The zero-order chi connectivity index (χ0) is 34.2. The standard InChI is InChI=1S/C19H13F3N4O3.C11H9F3N4/c20-19(21,22)18-25-9-12(10-26-18)15-7-11(5-6-23-15)8-24-16(27)13-3-1-2-4-14(13)17(28)29;12-11(13,14)10-17-5-8(6-18-10)9-3-7(4-15)1-2-16-9/h1-7,9-10H,8H2,(H,24,27)(H,28,29);1-3,5-6H,4,15H2. The van der Waals surface area contributed by atoms with Crippen LogP contribution in [0.2, 0.25) is 0 Å². The number of nitrogens with zero attached hydrogens (tertiary/aromatic N) is 6. The van der Waals surface area contributed by atoms with Gasteiger partial charge in [-0.1, -0.05) is 12.1 Å². The molecule has 0 radical (unpaired) electrons. The first kappa shape index (κ1) is 34.0. The summed E-state index contributed by atoms with van der Waals surface area (Å²) in [4.78, 5) is 44.8. The van der Waals surface area contributed by atoms with Crippen LogP contribution in [-0.4, -0.2) is 46.9 Å². The highest BCUT2D eigenvalue weighted by Gasteiger charge is 2.35. The number of nitrogens with one attached hydrogen (secondary N) is 1. The van der Waals surface area contributed by atoms with Crippen LogP contribution in [0.3, 0.4) is 0 Å². The minimum atomic E-state index is -4.63. The third-order valence-electron chi connectivity index (χ3n) is 6.14. The molecule has 4 aromatic heterocycles. The van der Waals surface area contributed by atoms with E-state index in [1.165, 1.54) is 30.6 Å². The first-order valence-electron chi connectivity index (χ1n) is 13.3. The molecule has 0 fully saturated rings.